The van der Waals surface area contributed by atoms with Crippen LogP contribution in [-0.4, -0.2) is 23.6 Å². The molecule has 0 aliphatic heterocycles. The number of hydrogen-bond acceptors (Lipinski definition) is 2. The van der Waals surface area contributed by atoms with Crippen LogP contribution in [0.15, 0.2) is 18.2 Å². The van der Waals surface area contributed by atoms with Crippen molar-refractivity contribution >= 4 is 18.5 Å². The summed E-state index contributed by atoms with van der Waals surface area (Å²) in [4.78, 5) is 13.1. The van der Waals surface area contributed by atoms with Crippen molar-refractivity contribution in [1.82, 2.24) is 4.90 Å². The number of rotatable bonds is 3. The van der Waals surface area contributed by atoms with Gasteiger partial charge in [0.2, 0.25) is 5.91 Å². The molecular formula is C13H17NOS. The number of carbonyl (C=O) groups excluding carboxylic acids is 1. The van der Waals surface area contributed by atoms with E-state index < -0.39 is 0 Å². The molecule has 0 spiro atoms. The summed E-state index contributed by atoms with van der Waals surface area (Å²) in [6.45, 7) is 0.687. The van der Waals surface area contributed by atoms with Crippen LogP contribution in [0.4, 0.5) is 0 Å². The smallest absolute Gasteiger partial charge is 0.232 e. The number of nitrogens with zero attached hydrogens (tertiary/aromatic N) is 1. The second-order valence-corrected chi connectivity index (χ2v) is 4.68. The maximum absolute atomic E-state index is 11.4. The number of thiol groups is 1. The maximum atomic E-state index is 11.4. The van der Waals surface area contributed by atoms with Gasteiger partial charge in [-0.2, -0.15) is 12.6 Å². The van der Waals surface area contributed by atoms with Gasteiger partial charge in [0.25, 0.3) is 0 Å². The third kappa shape index (κ3) is 2.40. The number of carbonyl (C=O) groups is 1. The van der Waals surface area contributed by atoms with Gasteiger partial charge >= 0.3 is 0 Å². The minimum atomic E-state index is 0.0730. The summed E-state index contributed by atoms with van der Waals surface area (Å²) in [5.74, 6) is 0.352. The van der Waals surface area contributed by atoms with Crippen LogP contribution in [0.5, 0.6) is 0 Å². The molecule has 16 heavy (non-hydrogen) atoms. The van der Waals surface area contributed by atoms with Crippen molar-refractivity contribution in [3.8, 4) is 0 Å². The average Bonchev–Trinajstić information content (AvgIpc) is 2.75. The lowest BCUT2D eigenvalue weighted by molar-refractivity contribution is -0.127. The second kappa shape index (κ2) is 4.91. The van der Waals surface area contributed by atoms with Crippen molar-refractivity contribution in [2.75, 3.05) is 12.8 Å². The summed E-state index contributed by atoms with van der Waals surface area (Å²) in [5, 5.41) is 0. The first kappa shape index (κ1) is 11.5. The van der Waals surface area contributed by atoms with E-state index in [1.165, 1.54) is 36.0 Å². The van der Waals surface area contributed by atoms with Crippen LogP contribution in [0, 0.1) is 0 Å². The van der Waals surface area contributed by atoms with Crippen molar-refractivity contribution in [2.45, 2.75) is 25.8 Å². The fourth-order valence-electron chi connectivity index (χ4n) is 2.21. The van der Waals surface area contributed by atoms with E-state index in [1.54, 1.807) is 4.90 Å². The molecule has 0 radical (unpaired) electrons. The Morgan fingerprint density at radius 3 is 2.88 bits per heavy atom. The van der Waals surface area contributed by atoms with Gasteiger partial charge in [-0.25, -0.2) is 0 Å². The van der Waals surface area contributed by atoms with Crippen LogP contribution in [0.2, 0.25) is 0 Å². The Morgan fingerprint density at radius 2 is 2.12 bits per heavy atom. The Balaban J connectivity index is 2.08. The lowest BCUT2D eigenvalue weighted by atomic mass is 10.1. The van der Waals surface area contributed by atoms with Gasteiger partial charge in [-0.05, 0) is 36.0 Å². The lowest BCUT2D eigenvalue weighted by Gasteiger charge is -2.16. The predicted octanol–water partition coefficient (Wildman–Crippen LogP) is 2.06. The van der Waals surface area contributed by atoms with Crippen molar-refractivity contribution in [3.05, 3.63) is 34.9 Å². The van der Waals surface area contributed by atoms with E-state index in [1.807, 2.05) is 7.05 Å². The zero-order chi connectivity index (χ0) is 11.5. The predicted molar refractivity (Wildman–Crippen MR) is 68.8 cm³/mol. The van der Waals surface area contributed by atoms with Crippen LogP contribution in [-0.2, 0) is 24.2 Å². The van der Waals surface area contributed by atoms with Crippen LogP contribution >= 0.6 is 12.6 Å². The average molecular weight is 235 g/mol. The molecule has 0 heterocycles. The van der Waals surface area contributed by atoms with E-state index in [4.69, 9.17) is 0 Å². The molecule has 86 valence electrons. The van der Waals surface area contributed by atoms with E-state index in [0.717, 1.165) is 0 Å². The minimum absolute atomic E-state index is 0.0730. The van der Waals surface area contributed by atoms with E-state index in [2.05, 4.69) is 30.8 Å². The standard InChI is InChI=1S/C13H17NOS/c1-14(13(15)9-16)8-10-5-6-11-3-2-4-12(11)7-10/h5-7,16H,2-4,8-9H2,1H3. The Kier molecular flexibility index (Phi) is 3.54. The van der Waals surface area contributed by atoms with E-state index in [-0.39, 0.29) is 11.7 Å². The zero-order valence-electron chi connectivity index (χ0n) is 9.57. The highest BCUT2D eigenvalue weighted by molar-refractivity contribution is 7.81. The van der Waals surface area contributed by atoms with Crippen molar-refractivity contribution in [1.29, 1.82) is 0 Å². The first-order valence-electron chi connectivity index (χ1n) is 5.66. The maximum Gasteiger partial charge on any atom is 0.232 e. The minimum Gasteiger partial charge on any atom is -0.341 e. The normalized spacial score (nSPS) is 13.6. The molecule has 3 heteroatoms. The highest BCUT2D eigenvalue weighted by atomic mass is 32.1. The third-order valence-electron chi connectivity index (χ3n) is 3.14. The van der Waals surface area contributed by atoms with Crippen molar-refractivity contribution in [2.24, 2.45) is 0 Å². The van der Waals surface area contributed by atoms with Crippen LogP contribution in [0.25, 0.3) is 0 Å². The molecule has 0 fully saturated rings. The van der Waals surface area contributed by atoms with Gasteiger partial charge in [0, 0.05) is 13.6 Å². The molecule has 1 aliphatic rings. The van der Waals surface area contributed by atoms with E-state index in [0.29, 0.717) is 6.54 Å². The second-order valence-electron chi connectivity index (χ2n) is 4.36. The molecular weight excluding hydrogens is 218 g/mol. The van der Waals surface area contributed by atoms with E-state index >= 15 is 0 Å². The van der Waals surface area contributed by atoms with Gasteiger partial charge in [0.05, 0.1) is 5.75 Å². The highest BCUT2D eigenvalue weighted by Crippen LogP contribution is 2.23. The van der Waals surface area contributed by atoms with Crippen molar-refractivity contribution in [3.63, 3.8) is 0 Å². The molecule has 0 unspecified atom stereocenters. The molecule has 0 aromatic heterocycles. The Morgan fingerprint density at radius 1 is 1.38 bits per heavy atom. The van der Waals surface area contributed by atoms with E-state index in [9.17, 15) is 4.79 Å². The molecule has 0 bridgehead atoms. The summed E-state index contributed by atoms with van der Waals surface area (Å²) in [6.07, 6.45) is 3.67. The molecule has 0 saturated carbocycles. The SMILES string of the molecule is CN(Cc1ccc2c(c1)CCC2)C(=O)CS. The molecule has 1 amide bonds. The molecule has 1 aromatic carbocycles. The van der Waals surface area contributed by atoms with Gasteiger partial charge in [-0.15, -0.1) is 0 Å². The Labute approximate surface area is 102 Å². The summed E-state index contributed by atoms with van der Waals surface area (Å²) in [7, 11) is 1.83. The van der Waals surface area contributed by atoms with Crippen LogP contribution in [0.3, 0.4) is 0 Å². The first-order valence-corrected chi connectivity index (χ1v) is 6.29. The molecule has 0 saturated heterocycles. The summed E-state index contributed by atoms with van der Waals surface area (Å²) in [6, 6.07) is 6.58. The molecule has 1 aliphatic carbocycles. The molecule has 0 atom stereocenters. The third-order valence-corrected chi connectivity index (χ3v) is 3.41. The molecule has 2 nitrogen and oxygen atoms in total. The number of benzene rings is 1. The zero-order valence-corrected chi connectivity index (χ0v) is 10.5. The number of hydrogen-bond donors (Lipinski definition) is 1. The van der Waals surface area contributed by atoms with Gasteiger partial charge < -0.3 is 4.90 Å². The van der Waals surface area contributed by atoms with Crippen molar-refractivity contribution < 1.29 is 4.79 Å². The quantitative estimate of drug-likeness (QED) is 0.795. The summed E-state index contributed by atoms with van der Waals surface area (Å²) >= 11 is 4.00. The number of amides is 1. The topological polar surface area (TPSA) is 20.3 Å². The summed E-state index contributed by atoms with van der Waals surface area (Å²) in [5.41, 5.74) is 4.16. The van der Waals surface area contributed by atoms with Crippen LogP contribution in [0.1, 0.15) is 23.1 Å². The van der Waals surface area contributed by atoms with Gasteiger partial charge in [-0.1, -0.05) is 18.2 Å². The highest BCUT2D eigenvalue weighted by Gasteiger charge is 2.12. The summed E-state index contributed by atoms with van der Waals surface area (Å²) < 4.78 is 0. The van der Waals surface area contributed by atoms with Gasteiger partial charge in [0.1, 0.15) is 0 Å². The number of fused-ring (bicyclic) bond motifs is 1. The van der Waals surface area contributed by atoms with Gasteiger partial charge in [0.15, 0.2) is 0 Å². The largest absolute Gasteiger partial charge is 0.341 e. The molecule has 1 aromatic rings. The Bertz CT molecular complexity index is 403. The van der Waals surface area contributed by atoms with Crippen LogP contribution < -0.4 is 0 Å². The monoisotopic (exact) mass is 235 g/mol. The fourth-order valence-corrected chi connectivity index (χ4v) is 2.45. The van der Waals surface area contributed by atoms with Gasteiger partial charge in [-0.3, -0.25) is 4.79 Å². The molecule has 2 rings (SSSR count). The first-order chi connectivity index (χ1) is 7.70. The number of aryl methyl sites for hydroxylation is 2. The lowest BCUT2D eigenvalue weighted by Crippen LogP contribution is -2.27. The fraction of sp³-hybridized carbons (Fsp3) is 0.462. The molecule has 0 N–H and O–H groups in total. The Hall–Kier alpha value is -0.960.